The molecular weight excluding hydrogens is 484 g/mol. The normalized spacial score (nSPS) is 11.2. The van der Waals surface area contributed by atoms with E-state index < -0.39 is 0 Å². The van der Waals surface area contributed by atoms with Gasteiger partial charge in [0, 0.05) is 35.0 Å². The molecule has 2 rings (SSSR count). The molecule has 2 N–H and O–H groups in total. The molecule has 31 heavy (non-hydrogen) atoms. The van der Waals surface area contributed by atoms with Crippen LogP contribution in [-0.4, -0.2) is 61.1 Å². The van der Waals surface area contributed by atoms with Gasteiger partial charge in [-0.05, 0) is 55.8 Å². The lowest BCUT2D eigenvalue weighted by Gasteiger charge is -2.30. The van der Waals surface area contributed by atoms with Crippen LogP contribution < -0.4 is 20.1 Å². The van der Waals surface area contributed by atoms with Crippen LogP contribution in [0.3, 0.4) is 0 Å². The Morgan fingerprint density at radius 1 is 1.10 bits per heavy atom. The zero-order chi connectivity index (χ0) is 23.1. The molecule has 2 aromatic rings. The van der Waals surface area contributed by atoms with Crippen molar-refractivity contribution < 1.29 is 19.1 Å². The van der Waals surface area contributed by atoms with E-state index in [4.69, 9.17) is 9.47 Å². The topological polar surface area (TPSA) is 92.8 Å². The Kier molecular flexibility index (Phi) is 9.27. The molecule has 0 unspecified atom stereocenters. The zero-order valence-electron chi connectivity index (χ0n) is 18.6. The summed E-state index contributed by atoms with van der Waals surface area (Å²) in [6.07, 6.45) is 0. The lowest BCUT2D eigenvalue weighted by Crippen LogP contribution is -2.42. The number of thiazole rings is 1. The Balaban J connectivity index is 2.00. The molecule has 0 bridgehead atoms. The summed E-state index contributed by atoms with van der Waals surface area (Å²) in [7, 11) is 3.02. The van der Waals surface area contributed by atoms with Gasteiger partial charge in [-0.2, -0.15) is 0 Å². The third-order valence-corrected chi connectivity index (χ3v) is 6.07. The number of halogens is 1. The predicted octanol–water partition coefficient (Wildman–Crippen LogP) is 4.02. The monoisotopic (exact) mass is 512 g/mol. The number of nitrogens with zero attached hydrogens (tertiary/aromatic N) is 2. The number of benzene rings is 1. The van der Waals surface area contributed by atoms with Crippen molar-refractivity contribution in [1.82, 2.24) is 15.2 Å². The minimum absolute atomic E-state index is 0.267. The number of methoxy groups -OCH3 is 2. The maximum Gasteiger partial charge on any atom is 0.270 e. The number of hydrogen-bond donors (Lipinski definition) is 2. The lowest BCUT2D eigenvalue weighted by molar-refractivity contribution is 0.0934. The van der Waals surface area contributed by atoms with E-state index in [0.29, 0.717) is 45.3 Å². The highest BCUT2D eigenvalue weighted by molar-refractivity contribution is 9.10. The summed E-state index contributed by atoms with van der Waals surface area (Å²) in [5.41, 5.74) is 0.633. The van der Waals surface area contributed by atoms with E-state index in [9.17, 15) is 9.59 Å². The summed E-state index contributed by atoms with van der Waals surface area (Å²) in [5.74, 6) is 0.301. The molecule has 0 saturated heterocycles. The summed E-state index contributed by atoms with van der Waals surface area (Å²) in [6, 6.07) is 4.03. The third kappa shape index (κ3) is 6.65. The smallest absolute Gasteiger partial charge is 0.270 e. The zero-order valence-corrected chi connectivity index (χ0v) is 21.0. The number of anilines is 1. The molecule has 0 saturated carbocycles. The summed E-state index contributed by atoms with van der Waals surface area (Å²) in [6.45, 7) is 9.80. The van der Waals surface area contributed by atoms with Crippen molar-refractivity contribution in [3.05, 3.63) is 33.2 Å². The second-order valence-corrected chi connectivity index (χ2v) is 9.07. The Labute approximate surface area is 195 Å². The first kappa shape index (κ1) is 25.1. The van der Waals surface area contributed by atoms with Crippen molar-refractivity contribution in [3.63, 3.8) is 0 Å². The number of carbonyl (C=O) groups excluding carboxylic acids is 2. The number of nitrogens with one attached hydrogen (secondary N) is 2. The van der Waals surface area contributed by atoms with E-state index in [2.05, 4.69) is 64.1 Å². The third-order valence-electron chi connectivity index (χ3n) is 4.66. The van der Waals surface area contributed by atoms with Crippen LogP contribution in [0.1, 0.15) is 48.5 Å². The van der Waals surface area contributed by atoms with Crippen LogP contribution in [0.15, 0.2) is 22.0 Å². The number of carbonyl (C=O) groups is 2. The van der Waals surface area contributed by atoms with Crippen molar-refractivity contribution >= 4 is 44.2 Å². The van der Waals surface area contributed by atoms with Gasteiger partial charge in [0.1, 0.15) is 5.69 Å². The van der Waals surface area contributed by atoms with Gasteiger partial charge in [0.05, 0.1) is 19.8 Å². The largest absolute Gasteiger partial charge is 0.493 e. The fraction of sp³-hybridized carbons (Fsp3) is 0.476. The summed E-state index contributed by atoms with van der Waals surface area (Å²) >= 11 is 4.56. The average Bonchev–Trinajstić information content (AvgIpc) is 3.18. The highest BCUT2D eigenvalue weighted by Gasteiger charge is 2.18. The molecule has 1 aromatic heterocycles. The number of ether oxygens (including phenoxy) is 2. The van der Waals surface area contributed by atoms with Gasteiger partial charge in [-0.3, -0.25) is 19.8 Å². The highest BCUT2D eigenvalue weighted by Crippen LogP contribution is 2.33. The molecule has 1 heterocycles. The van der Waals surface area contributed by atoms with Crippen molar-refractivity contribution in [2.75, 3.05) is 32.6 Å². The second-order valence-electron chi connectivity index (χ2n) is 7.36. The molecule has 8 nitrogen and oxygen atoms in total. The van der Waals surface area contributed by atoms with E-state index >= 15 is 0 Å². The first-order valence-corrected chi connectivity index (χ1v) is 11.6. The van der Waals surface area contributed by atoms with Gasteiger partial charge in [-0.1, -0.05) is 0 Å². The van der Waals surface area contributed by atoms with E-state index in [1.807, 2.05) is 0 Å². The molecule has 2 amide bonds. The molecule has 0 aliphatic carbocycles. The fourth-order valence-electron chi connectivity index (χ4n) is 3.13. The minimum atomic E-state index is -0.376. The molecule has 170 valence electrons. The van der Waals surface area contributed by atoms with E-state index in [-0.39, 0.29) is 17.5 Å². The van der Waals surface area contributed by atoms with Gasteiger partial charge in [0.15, 0.2) is 16.6 Å². The molecule has 0 fully saturated rings. The SMILES string of the molecule is COc1cc(Br)c(C(=O)Nc2nc(C(=O)NCCN(C(C)C)C(C)C)cs2)cc1OC. The molecule has 0 atom stereocenters. The first-order valence-electron chi connectivity index (χ1n) is 9.90. The van der Waals surface area contributed by atoms with Gasteiger partial charge in [0.25, 0.3) is 11.8 Å². The van der Waals surface area contributed by atoms with Gasteiger partial charge in [-0.25, -0.2) is 4.98 Å². The van der Waals surface area contributed by atoms with Crippen LogP contribution in [0.4, 0.5) is 5.13 Å². The Morgan fingerprint density at radius 2 is 1.71 bits per heavy atom. The van der Waals surface area contributed by atoms with Gasteiger partial charge in [-0.15, -0.1) is 11.3 Å². The van der Waals surface area contributed by atoms with Crippen LogP contribution in [0.25, 0.3) is 0 Å². The molecule has 1 aromatic carbocycles. The molecule has 10 heteroatoms. The van der Waals surface area contributed by atoms with E-state index in [1.165, 1.54) is 25.6 Å². The van der Waals surface area contributed by atoms with Crippen molar-refractivity contribution in [2.24, 2.45) is 0 Å². The summed E-state index contributed by atoms with van der Waals surface area (Å²) in [4.78, 5) is 31.6. The van der Waals surface area contributed by atoms with E-state index in [1.54, 1.807) is 17.5 Å². The average molecular weight is 513 g/mol. The maximum absolute atomic E-state index is 12.7. The first-order chi connectivity index (χ1) is 14.7. The fourth-order valence-corrected chi connectivity index (χ4v) is 4.32. The second kappa shape index (κ2) is 11.4. The number of hydrogen-bond acceptors (Lipinski definition) is 7. The molecule has 0 radical (unpaired) electrons. The Morgan fingerprint density at radius 3 is 2.29 bits per heavy atom. The Bertz CT molecular complexity index is 909. The number of amides is 2. The van der Waals surface area contributed by atoms with Crippen LogP contribution in [0.5, 0.6) is 11.5 Å². The molecule has 0 spiro atoms. The van der Waals surface area contributed by atoms with Gasteiger partial charge in [0.2, 0.25) is 0 Å². The number of rotatable bonds is 10. The standard InChI is InChI=1S/C21H29BrN4O4S/c1-12(2)26(13(3)4)8-7-23-20(28)16-11-31-21(24-16)25-19(27)14-9-17(29-5)18(30-6)10-15(14)22/h9-13H,7-8H2,1-6H3,(H,23,28)(H,24,25,27). The molecule has 0 aliphatic heterocycles. The van der Waals surface area contributed by atoms with Gasteiger partial charge >= 0.3 is 0 Å². The van der Waals surface area contributed by atoms with Crippen molar-refractivity contribution in [2.45, 2.75) is 39.8 Å². The van der Waals surface area contributed by atoms with Crippen LogP contribution in [0.2, 0.25) is 0 Å². The Hall–Kier alpha value is -2.17. The summed E-state index contributed by atoms with van der Waals surface area (Å²) in [5, 5.41) is 7.57. The van der Waals surface area contributed by atoms with E-state index in [0.717, 1.165) is 6.54 Å². The van der Waals surface area contributed by atoms with Crippen molar-refractivity contribution in [3.8, 4) is 11.5 Å². The van der Waals surface area contributed by atoms with Gasteiger partial charge < -0.3 is 14.8 Å². The maximum atomic E-state index is 12.7. The lowest BCUT2D eigenvalue weighted by atomic mass is 10.2. The predicted molar refractivity (Wildman–Crippen MR) is 127 cm³/mol. The quantitative estimate of drug-likeness (QED) is 0.499. The summed E-state index contributed by atoms with van der Waals surface area (Å²) < 4.78 is 11.0. The number of aromatic nitrogens is 1. The molecular formula is C21H29BrN4O4S. The van der Waals surface area contributed by atoms with Crippen molar-refractivity contribution in [1.29, 1.82) is 0 Å². The highest BCUT2D eigenvalue weighted by atomic mass is 79.9. The van der Waals surface area contributed by atoms with Crippen LogP contribution in [0, 0.1) is 0 Å². The molecule has 0 aliphatic rings. The van der Waals surface area contributed by atoms with Crippen LogP contribution >= 0.6 is 27.3 Å². The van der Waals surface area contributed by atoms with Crippen LogP contribution in [-0.2, 0) is 0 Å². The minimum Gasteiger partial charge on any atom is -0.493 e.